The van der Waals surface area contributed by atoms with Gasteiger partial charge in [-0.2, -0.15) is 0 Å². The van der Waals surface area contributed by atoms with Crippen molar-refractivity contribution in [3.63, 3.8) is 0 Å². The van der Waals surface area contributed by atoms with Crippen LogP contribution in [0.5, 0.6) is 0 Å². The summed E-state index contributed by atoms with van der Waals surface area (Å²) in [5, 5.41) is 3.49. The van der Waals surface area contributed by atoms with Crippen LogP contribution in [0.3, 0.4) is 0 Å². The molecule has 122 valence electrons. The molecule has 4 nitrogen and oxygen atoms in total. The van der Waals surface area contributed by atoms with Gasteiger partial charge < -0.3 is 10.2 Å². The number of rotatable bonds is 4. The summed E-state index contributed by atoms with van der Waals surface area (Å²) >= 11 is 0. The minimum atomic E-state index is 0.229. The van der Waals surface area contributed by atoms with Crippen molar-refractivity contribution in [3.05, 3.63) is 59.9 Å². The van der Waals surface area contributed by atoms with Gasteiger partial charge in [-0.3, -0.25) is 9.88 Å². The summed E-state index contributed by atoms with van der Waals surface area (Å²) in [6.45, 7) is 4.30. The Balaban J connectivity index is 1.94. The highest BCUT2D eigenvalue weighted by Gasteiger charge is 2.24. The van der Waals surface area contributed by atoms with Crippen molar-refractivity contribution < 1.29 is 0 Å². The first-order chi connectivity index (χ1) is 11.3. The predicted octanol–water partition coefficient (Wildman–Crippen LogP) is 2.53. The van der Waals surface area contributed by atoms with Crippen molar-refractivity contribution in [1.29, 1.82) is 0 Å². The molecule has 1 N–H and O–H groups in total. The van der Waals surface area contributed by atoms with E-state index in [1.54, 1.807) is 0 Å². The van der Waals surface area contributed by atoms with E-state index in [-0.39, 0.29) is 6.04 Å². The van der Waals surface area contributed by atoms with Gasteiger partial charge in [0.25, 0.3) is 0 Å². The number of hydrogen-bond donors (Lipinski definition) is 1. The van der Waals surface area contributed by atoms with Crippen LogP contribution in [0.25, 0.3) is 0 Å². The van der Waals surface area contributed by atoms with Crippen molar-refractivity contribution in [2.75, 3.05) is 45.2 Å². The number of pyridine rings is 1. The average molecular weight is 310 g/mol. The van der Waals surface area contributed by atoms with E-state index < -0.39 is 0 Å². The normalized spacial score (nSPS) is 17.5. The summed E-state index contributed by atoms with van der Waals surface area (Å²) in [4.78, 5) is 9.33. The number of benzene rings is 1. The molecular formula is C19H26N4. The smallest absolute Gasteiger partial charge is 0.0776 e. The number of nitrogens with zero attached hydrogens (tertiary/aromatic N) is 3. The van der Waals surface area contributed by atoms with Crippen LogP contribution in [-0.2, 0) is 0 Å². The first-order valence-corrected chi connectivity index (χ1v) is 8.38. The fraction of sp³-hybridized carbons (Fsp3) is 0.421. The van der Waals surface area contributed by atoms with Gasteiger partial charge in [0.05, 0.1) is 11.7 Å². The monoisotopic (exact) mass is 310 g/mol. The minimum Gasteiger partial charge on any atom is -0.378 e. The van der Waals surface area contributed by atoms with Gasteiger partial charge in [-0.05, 0) is 42.8 Å². The van der Waals surface area contributed by atoms with E-state index in [4.69, 9.17) is 0 Å². The van der Waals surface area contributed by atoms with Gasteiger partial charge in [0.2, 0.25) is 0 Å². The summed E-state index contributed by atoms with van der Waals surface area (Å²) in [7, 11) is 4.15. The molecule has 0 amide bonds. The van der Waals surface area contributed by atoms with Crippen LogP contribution in [0.4, 0.5) is 5.69 Å². The van der Waals surface area contributed by atoms with Gasteiger partial charge in [-0.25, -0.2) is 0 Å². The Morgan fingerprint density at radius 1 is 1.04 bits per heavy atom. The highest BCUT2D eigenvalue weighted by atomic mass is 15.2. The van der Waals surface area contributed by atoms with Gasteiger partial charge in [-0.15, -0.1) is 0 Å². The number of hydrogen-bond acceptors (Lipinski definition) is 4. The van der Waals surface area contributed by atoms with Crippen molar-refractivity contribution in [1.82, 2.24) is 15.2 Å². The van der Waals surface area contributed by atoms with Gasteiger partial charge in [0.1, 0.15) is 0 Å². The van der Waals surface area contributed by atoms with Gasteiger partial charge in [0, 0.05) is 45.6 Å². The number of anilines is 1. The van der Waals surface area contributed by atoms with E-state index in [2.05, 4.69) is 70.6 Å². The lowest BCUT2D eigenvalue weighted by Gasteiger charge is -2.30. The van der Waals surface area contributed by atoms with E-state index in [1.165, 1.54) is 17.7 Å². The van der Waals surface area contributed by atoms with E-state index in [0.29, 0.717) is 0 Å². The molecule has 1 aromatic heterocycles. The molecule has 0 radical (unpaired) electrons. The highest BCUT2D eigenvalue weighted by molar-refractivity contribution is 5.47. The Morgan fingerprint density at radius 2 is 1.87 bits per heavy atom. The average Bonchev–Trinajstić information content (AvgIpc) is 2.86. The molecular weight excluding hydrogens is 284 g/mol. The molecule has 1 aliphatic rings. The summed E-state index contributed by atoms with van der Waals surface area (Å²) < 4.78 is 0. The Hall–Kier alpha value is -1.91. The zero-order valence-electron chi connectivity index (χ0n) is 14.1. The fourth-order valence-corrected chi connectivity index (χ4v) is 3.19. The van der Waals surface area contributed by atoms with Crippen LogP contribution in [0.1, 0.15) is 23.7 Å². The Kier molecular flexibility index (Phi) is 5.26. The molecule has 0 spiro atoms. The molecule has 0 bridgehead atoms. The van der Waals surface area contributed by atoms with Crippen LogP contribution in [-0.4, -0.2) is 50.2 Å². The molecule has 1 fully saturated rings. The molecule has 1 atom stereocenters. The van der Waals surface area contributed by atoms with Gasteiger partial charge >= 0.3 is 0 Å². The standard InChI is InChI=1S/C19H26N4/c1-22(2)17-9-7-16(8-10-17)19(18-6-3-4-12-21-18)23-14-5-11-20-13-15-23/h3-4,6-10,12,19-20H,5,11,13-15H2,1-2H3. The summed E-state index contributed by atoms with van der Waals surface area (Å²) in [6.07, 6.45) is 3.08. The predicted molar refractivity (Wildman–Crippen MR) is 95.9 cm³/mol. The van der Waals surface area contributed by atoms with E-state index in [1.807, 2.05) is 12.3 Å². The quantitative estimate of drug-likeness (QED) is 0.940. The first kappa shape index (κ1) is 16.0. The number of aromatic nitrogens is 1. The molecule has 0 aliphatic carbocycles. The lowest BCUT2D eigenvalue weighted by molar-refractivity contribution is 0.237. The lowest BCUT2D eigenvalue weighted by Crippen LogP contribution is -2.33. The Bertz CT molecular complexity index is 587. The zero-order valence-corrected chi connectivity index (χ0v) is 14.1. The molecule has 23 heavy (non-hydrogen) atoms. The van der Waals surface area contributed by atoms with Crippen molar-refractivity contribution in [2.24, 2.45) is 0 Å². The van der Waals surface area contributed by atoms with Crippen LogP contribution in [0, 0.1) is 0 Å². The lowest BCUT2D eigenvalue weighted by atomic mass is 10.0. The molecule has 4 heteroatoms. The van der Waals surface area contributed by atoms with Crippen molar-refractivity contribution in [3.8, 4) is 0 Å². The molecule has 3 rings (SSSR count). The largest absolute Gasteiger partial charge is 0.378 e. The summed E-state index contributed by atoms with van der Waals surface area (Å²) in [5.74, 6) is 0. The summed E-state index contributed by atoms with van der Waals surface area (Å²) in [6, 6.07) is 15.3. The Labute approximate surface area is 139 Å². The van der Waals surface area contributed by atoms with Crippen LogP contribution in [0.2, 0.25) is 0 Å². The maximum absolute atomic E-state index is 4.65. The molecule has 2 heterocycles. The van der Waals surface area contributed by atoms with Crippen molar-refractivity contribution in [2.45, 2.75) is 12.5 Å². The number of nitrogens with one attached hydrogen (secondary N) is 1. The maximum atomic E-state index is 4.65. The topological polar surface area (TPSA) is 31.4 Å². The molecule has 1 aliphatic heterocycles. The molecule has 0 saturated carbocycles. The zero-order chi connectivity index (χ0) is 16.1. The van der Waals surface area contributed by atoms with Gasteiger partial charge in [-0.1, -0.05) is 18.2 Å². The third-order valence-corrected chi connectivity index (χ3v) is 4.43. The second-order valence-electron chi connectivity index (χ2n) is 6.28. The highest BCUT2D eigenvalue weighted by Crippen LogP contribution is 2.29. The van der Waals surface area contributed by atoms with Crippen molar-refractivity contribution >= 4 is 5.69 Å². The molecule has 1 saturated heterocycles. The first-order valence-electron chi connectivity index (χ1n) is 8.38. The van der Waals surface area contributed by atoms with Crippen LogP contribution < -0.4 is 10.2 Å². The SMILES string of the molecule is CN(C)c1ccc(C(c2ccccn2)N2CCCNCC2)cc1. The second-order valence-corrected chi connectivity index (χ2v) is 6.28. The van der Waals surface area contributed by atoms with Crippen LogP contribution in [0.15, 0.2) is 48.7 Å². The van der Waals surface area contributed by atoms with E-state index in [9.17, 15) is 0 Å². The minimum absolute atomic E-state index is 0.229. The summed E-state index contributed by atoms with van der Waals surface area (Å²) in [5.41, 5.74) is 3.68. The molecule has 2 aromatic rings. The maximum Gasteiger partial charge on any atom is 0.0776 e. The van der Waals surface area contributed by atoms with Gasteiger partial charge in [0.15, 0.2) is 0 Å². The molecule has 1 aromatic carbocycles. The molecule has 1 unspecified atom stereocenters. The third-order valence-electron chi connectivity index (χ3n) is 4.43. The Morgan fingerprint density at radius 3 is 2.57 bits per heavy atom. The van der Waals surface area contributed by atoms with E-state index in [0.717, 1.165) is 31.9 Å². The van der Waals surface area contributed by atoms with E-state index >= 15 is 0 Å². The fourth-order valence-electron chi connectivity index (χ4n) is 3.19. The van der Waals surface area contributed by atoms with Crippen LogP contribution >= 0.6 is 0 Å². The second kappa shape index (κ2) is 7.57. The third kappa shape index (κ3) is 3.89.